The van der Waals surface area contributed by atoms with E-state index >= 15 is 0 Å². The minimum atomic E-state index is -1.04. The Bertz CT molecular complexity index is 505. The highest BCUT2D eigenvalue weighted by molar-refractivity contribution is 6.31. The second kappa shape index (κ2) is 7.14. The topological polar surface area (TPSA) is 78.4 Å². The molecule has 1 aromatic carbocycles. The molecule has 20 heavy (non-hydrogen) atoms. The average Bonchev–Trinajstić information content (AvgIpc) is 2.40. The van der Waals surface area contributed by atoms with Gasteiger partial charge in [-0.3, -0.25) is 0 Å². The first-order valence-corrected chi connectivity index (χ1v) is 6.80. The number of amides is 2. The minimum absolute atomic E-state index is 0.154. The number of rotatable bonds is 5. The second-order valence-electron chi connectivity index (χ2n) is 4.71. The number of carbonyl (C=O) groups excluding carboxylic acids is 1. The van der Waals surface area contributed by atoms with Crippen molar-refractivity contribution in [3.05, 3.63) is 28.8 Å². The summed E-state index contributed by atoms with van der Waals surface area (Å²) in [6, 6.07) is 3.68. The van der Waals surface area contributed by atoms with Gasteiger partial charge in [0.05, 0.1) is 0 Å². The molecular weight excluding hydrogens is 280 g/mol. The van der Waals surface area contributed by atoms with E-state index in [1.807, 2.05) is 6.92 Å². The van der Waals surface area contributed by atoms with Crippen molar-refractivity contribution in [2.45, 2.75) is 33.2 Å². The summed E-state index contributed by atoms with van der Waals surface area (Å²) < 4.78 is 0. The van der Waals surface area contributed by atoms with Crippen LogP contribution in [0.4, 0.5) is 10.5 Å². The van der Waals surface area contributed by atoms with Gasteiger partial charge in [0, 0.05) is 10.7 Å². The van der Waals surface area contributed by atoms with Crippen LogP contribution in [0.25, 0.3) is 0 Å². The van der Waals surface area contributed by atoms with Crippen molar-refractivity contribution in [1.82, 2.24) is 5.32 Å². The van der Waals surface area contributed by atoms with Gasteiger partial charge in [0.1, 0.15) is 6.04 Å². The van der Waals surface area contributed by atoms with Gasteiger partial charge in [-0.05, 0) is 30.5 Å². The van der Waals surface area contributed by atoms with Crippen LogP contribution in [0.3, 0.4) is 0 Å². The lowest BCUT2D eigenvalue weighted by Gasteiger charge is -2.20. The molecule has 0 aliphatic carbocycles. The molecule has 1 aromatic rings. The lowest BCUT2D eigenvalue weighted by atomic mass is 9.99. The first-order valence-electron chi connectivity index (χ1n) is 6.42. The summed E-state index contributed by atoms with van der Waals surface area (Å²) in [7, 11) is 0. The summed E-state index contributed by atoms with van der Waals surface area (Å²) in [5.41, 5.74) is 1.29. The molecule has 0 spiro atoms. The van der Waals surface area contributed by atoms with Gasteiger partial charge in [0.25, 0.3) is 0 Å². The van der Waals surface area contributed by atoms with E-state index in [4.69, 9.17) is 16.7 Å². The van der Waals surface area contributed by atoms with Crippen LogP contribution in [0, 0.1) is 12.8 Å². The van der Waals surface area contributed by atoms with E-state index in [-0.39, 0.29) is 5.92 Å². The first-order chi connectivity index (χ1) is 9.36. The van der Waals surface area contributed by atoms with Crippen LogP contribution in [0.5, 0.6) is 0 Å². The maximum Gasteiger partial charge on any atom is 0.326 e. The SMILES string of the molecule is CC[C@H](C)[C@H](NC(=O)Nc1cccc(Cl)c1C)C(=O)O. The third kappa shape index (κ3) is 4.13. The highest BCUT2D eigenvalue weighted by Crippen LogP contribution is 2.22. The van der Waals surface area contributed by atoms with Crippen molar-refractivity contribution >= 4 is 29.3 Å². The van der Waals surface area contributed by atoms with Crippen molar-refractivity contribution in [3.63, 3.8) is 0 Å². The normalized spacial score (nSPS) is 13.4. The lowest BCUT2D eigenvalue weighted by molar-refractivity contribution is -0.140. The molecule has 2 amide bonds. The fourth-order valence-corrected chi connectivity index (χ4v) is 1.90. The summed E-state index contributed by atoms with van der Waals surface area (Å²) in [5.74, 6) is -1.20. The molecule has 0 unspecified atom stereocenters. The fraction of sp³-hybridized carbons (Fsp3) is 0.429. The van der Waals surface area contributed by atoms with Crippen LogP contribution >= 0.6 is 11.6 Å². The minimum Gasteiger partial charge on any atom is -0.480 e. The zero-order chi connectivity index (χ0) is 15.3. The second-order valence-corrected chi connectivity index (χ2v) is 5.12. The summed E-state index contributed by atoms with van der Waals surface area (Å²) in [6.07, 6.45) is 0.660. The number of nitrogens with one attached hydrogen (secondary N) is 2. The van der Waals surface area contributed by atoms with Gasteiger partial charge >= 0.3 is 12.0 Å². The standard InChI is InChI=1S/C14H19ClN2O3/c1-4-8(2)12(13(18)19)17-14(20)16-11-7-5-6-10(15)9(11)3/h5-8,12H,4H2,1-3H3,(H,18,19)(H2,16,17,20)/t8-,12-/m0/s1. The van der Waals surface area contributed by atoms with Gasteiger partial charge in [-0.25, -0.2) is 9.59 Å². The molecule has 1 rings (SSSR count). The van der Waals surface area contributed by atoms with Gasteiger partial charge in [0.15, 0.2) is 0 Å². The van der Waals surface area contributed by atoms with E-state index in [1.165, 1.54) is 0 Å². The molecule has 0 radical (unpaired) electrons. The predicted octanol–water partition coefficient (Wildman–Crippen LogP) is 3.27. The van der Waals surface area contributed by atoms with Crippen LogP contribution in [0.1, 0.15) is 25.8 Å². The lowest BCUT2D eigenvalue weighted by Crippen LogP contribution is -2.46. The van der Waals surface area contributed by atoms with Gasteiger partial charge in [-0.2, -0.15) is 0 Å². The number of benzene rings is 1. The zero-order valence-corrected chi connectivity index (χ0v) is 12.5. The highest BCUT2D eigenvalue weighted by Gasteiger charge is 2.25. The molecule has 5 nitrogen and oxygen atoms in total. The number of hydrogen-bond donors (Lipinski definition) is 3. The third-order valence-corrected chi connectivity index (χ3v) is 3.69. The van der Waals surface area contributed by atoms with Crippen molar-refractivity contribution in [2.24, 2.45) is 5.92 Å². The van der Waals surface area contributed by atoms with E-state index in [9.17, 15) is 9.59 Å². The number of urea groups is 1. The Kier molecular flexibility index (Phi) is 5.82. The number of aliphatic carboxylic acids is 1. The first kappa shape index (κ1) is 16.3. The summed E-state index contributed by atoms with van der Waals surface area (Å²) in [4.78, 5) is 23.0. The molecule has 6 heteroatoms. The van der Waals surface area contributed by atoms with E-state index in [0.717, 1.165) is 5.56 Å². The van der Waals surface area contributed by atoms with Crippen LogP contribution < -0.4 is 10.6 Å². The van der Waals surface area contributed by atoms with Gasteiger partial charge in [0.2, 0.25) is 0 Å². The molecule has 0 fully saturated rings. The van der Waals surface area contributed by atoms with Gasteiger partial charge < -0.3 is 15.7 Å². The number of carbonyl (C=O) groups is 2. The molecule has 2 atom stereocenters. The van der Waals surface area contributed by atoms with Crippen molar-refractivity contribution in [3.8, 4) is 0 Å². The molecule has 0 aliphatic rings. The fourth-order valence-electron chi connectivity index (χ4n) is 1.73. The third-order valence-electron chi connectivity index (χ3n) is 3.28. The Hall–Kier alpha value is -1.75. The maximum atomic E-state index is 11.9. The molecule has 0 saturated carbocycles. The summed E-state index contributed by atoms with van der Waals surface area (Å²) in [6.45, 7) is 5.44. The number of halogens is 1. The van der Waals surface area contributed by atoms with Crippen LogP contribution in [0.2, 0.25) is 5.02 Å². The van der Waals surface area contributed by atoms with Gasteiger partial charge in [-0.1, -0.05) is 37.9 Å². The molecular formula is C14H19ClN2O3. The quantitative estimate of drug-likeness (QED) is 0.780. The molecule has 0 saturated heterocycles. The van der Waals surface area contributed by atoms with Crippen LogP contribution in [-0.4, -0.2) is 23.1 Å². The van der Waals surface area contributed by atoms with Gasteiger partial charge in [-0.15, -0.1) is 0 Å². The largest absolute Gasteiger partial charge is 0.480 e. The van der Waals surface area contributed by atoms with Crippen LogP contribution in [-0.2, 0) is 4.79 Å². The maximum absolute atomic E-state index is 11.9. The molecule has 0 heterocycles. The Morgan fingerprint density at radius 3 is 2.60 bits per heavy atom. The zero-order valence-electron chi connectivity index (χ0n) is 11.7. The van der Waals surface area contributed by atoms with E-state index < -0.39 is 18.0 Å². The Morgan fingerprint density at radius 1 is 1.40 bits per heavy atom. The smallest absolute Gasteiger partial charge is 0.326 e. The molecule has 0 bridgehead atoms. The van der Waals surface area contributed by atoms with Crippen LogP contribution in [0.15, 0.2) is 18.2 Å². The van der Waals surface area contributed by atoms with E-state index in [2.05, 4.69) is 10.6 Å². The number of hydrogen-bond acceptors (Lipinski definition) is 2. The Morgan fingerprint density at radius 2 is 2.05 bits per heavy atom. The monoisotopic (exact) mass is 298 g/mol. The summed E-state index contributed by atoms with van der Waals surface area (Å²) in [5, 5.41) is 14.8. The van der Waals surface area contributed by atoms with Crippen molar-refractivity contribution < 1.29 is 14.7 Å². The number of carboxylic acids is 1. The number of carboxylic acid groups (broad SMARTS) is 1. The highest BCUT2D eigenvalue weighted by atomic mass is 35.5. The predicted molar refractivity (Wildman–Crippen MR) is 79.2 cm³/mol. The van der Waals surface area contributed by atoms with E-state index in [1.54, 1.807) is 32.0 Å². The van der Waals surface area contributed by atoms with Crippen molar-refractivity contribution in [2.75, 3.05) is 5.32 Å². The Labute approximate surface area is 123 Å². The molecule has 0 aromatic heterocycles. The molecule has 0 aliphatic heterocycles. The van der Waals surface area contributed by atoms with Crippen molar-refractivity contribution in [1.29, 1.82) is 0 Å². The molecule has 110 valence electrons. The average molecular weight is 299 g/mol. The molecule has 3 N–H and O–H groups in total. The Balaban J connectivity index is 2.76. The summed E-state index contributed by atoms with van der Waals surface area (Å²) >= 11 is 5.96. The number of anilines is 1. The van der Waals surface area contributed by atoms with E-state index in [0.29, 0.717) is 17.1 Å².